The van der Waals surface area contributed by atoms with Crippen molar-refractivity contribution in [1.82, 2.24) is 44.5 Å². The third kappa shape index (κ3) is 14.9. The molecule has 14 aliphatic heterocycles. The number of nitrogens with one attached hydrogen (secondary N) is 1. The maximum atomic E-state index is 3.51. The van der Waals surface area contributed by atoms with Gasteiger partial charge in [-0.1, -0.05) is 7.43 Å². The molecular weight excluding hydrogens is 931 g/mol. The van der Waals surface area contributed by atoms with Crippen LogP contribution in [0.15, 0.2) is 0 Å². The fraction of sp³-hybridized carbons (Fsp3) is 1.00. The van der Waals surface area contributed by atoms with Crippen LogP contribution in [-0.4, -0.2) is 194 Å². The number of hydrogen-bond donors (Lipinski definition) is 1. The van der Waals surface area contributed by atoms with Gasteiger partial charge in [0.15, 0.2) is 0 Å². The van der Waals surface area contributed by atoms with Gasteiger partial charge in [-0.05, 0) is 281 Å². The van der Waals surface area contributed by atoms with Crippen molar-refractivity contribution in [2.45, 2.75) is 336 Å². The smallest absolute Gasteiger partial charge is 0.0487 e. The third-order valence-electron chi connectivity index (χ3n) is 22.8. The Labute approximate surface area is 472 Å². The SMILES string of the molecule is C.CC(C)(C)N1CC2CC2C1.CC(C)N1C2CC1C2.CC(C)N1C2CCC1C2.CC(C)N1CC2CC(C2)C1.CC(C)N1CC2CC1C2.CC(C)N1CCC2CC1C2.CC(C)N1CCC2CC21.CC(C)N1CNC2CC1C2. The average molecular weight is 1060 g/mol. The van der Waals surface area contributed by atoms with E-state index in [9.17, 15) is 0 Å². The normalized spacial score (nSPS) is 40.4. The number of nitrogens with zero attached hydrogens (tertiary/aromatic N) is 8. The number of likely N-dealkylation sites (tertiary alicyclic amines) is 2. The van der Waals surface area contributed by atoms with Gasteiger partial charge in [-0.25, -0.2) is 0 Å². The van der Waals surface area contributed by atoms with Gasteiger partial charge in [-0.2, -0.15) is 0 Å². The molecule has 0 spiro atoms. The molecule has 0 aromatic carbocycles. The number of piperidine rings is 6. The predicted molar refractivity (Wildman–Crippen MR) is 326 cm³/mol. The Morgan fingerprint density at radius 2 is 0.816 bits per heavy atom. The molecule has 12 bridgehead atoms. The van der Waals surface area contributed by atoms with Crippen molar-refractivity contribution in [2.75, 3.05) is 52.5 Å². The lowest BCUT2D eigenvalue weighted by molar-refractivity contribution is -0.128. The van der Waals surface area contributed by atoms with Crippen LogP contribution in [0.25, 0.3) is 0 Å². The Hall–Kier alpha value is -0.360. The minimum Gasteiger partial charge on any atom is -0.301 e. The number of hydrogen-bond acceptors (Lipinski definition) is 9. The summed E-state index contributed by atoms with van der Waals surface area (Å²) in [4.78, 5) is 21.0. The summed E-state index contributed by atoms with van der Waals surface area (Å²) >= 11 is 0. The maximum absolute atomic E-state index is 3.51. The lowest BCUT2D eigenvalue weighted by Gasteiger charge is -2.63. The highest BCUT2D eigenvalue weighted by Gasteiger charge is 2.52. The number of rotatable bonds is 7. The molecule has 9 heteroatoms. The zero-order chi connectivity index (χ0) is 53.8. The first-order valence-corrected chi connectivity index (χ1v) is 33.3. The second-order valence-electron chi connectivity index (χ2n) is 31.4. The van der Waals surface area contributed by atoms with E-state index in [1.807, 2.05) is 0 Å². The Bertz CT molecular complexity index is 1620. The van der Waals surface area contributed by atoms with E-state index in [1.54, 1.807) is 0 Å². The Kier molecular flexibility index (Phi) is 21.2. The van der Waals surface area contributed by atoms with E-state index < -0.39 is 0 Å². The minimum atomic E-state index is 0. The monoisotopic (exact) mass is 1060 g/mol. The van der Waals surface area contributed by atoms with Crippen molar-refractivity contribution in [3.63, 3.8) is 0 Å². The second kappa shape index (κ2) is 26.1. The van der Waals surface area contributed by atoms with Crippen molar-refractivity contribution in [1.29, 1.82) is 0 Å². The molecular formula is C67H129N9. The van der Waals surface area contributed by atoms with E-state index in [1.165, 1.54) is 155 Å². The van der Waals surface area contributed by atoms with E-state index in [-0.39, 0.29) is 7.43 Å². The zero-order valence-corrected chi connectivity index (χ0v) is 52.5. The molecule has 1 N–H and O–H groups in total. The van der Waals surface area contributed by atoms with Crippen LogP contribution in [0.5, 0.6) is 0 Å². The fourth-order valence-electron chi connectivity index (χ4n) is 17.3. The standard InChI is InChI=1S/3C9H17N.C8H16N2.3C8H15N.C7H13N.CH4/c1-9(2,3)10-5-7-4-8(7)6-10;1-7(2)10-5-8-3-9(4-8)6-10;1-7(2)10-4-3-8-5-9(10)6-8;1-6(2)10-5-9-7-3-8(10)4-7;1-6(2)9-5-7-3-8(9)4-7;1-6(2)9-4-3-7-5-8(7)9;1-6(2)9-7-3-4-8(9)5-7;1-5(2)8-6-3-7(8)4-6;/h7-8H,4-6H2,1-3H3;2*7-9H,3-6H2,1-2H3;6-9H,3-5H2,1-2H3;3*6-8H,3-5H2,1-2H3;5-7H,3-4H2,1-2H3;1H4. The summed E-state index contributed by atoms with van der Waals surface area (Å²) in [5, 5.41) is 3.51. The van der Waals surface area contributed by atoms with E-state index in [4.69, 9.17) is 0 Å². The van der Waals surface area contributed by atoms with Crippen LogP contribution in [0.3, 0.4) is 0 Å². The van der Waals surface area contributed by atoms with Gasteiger partial charge in [0, 0.05) is 142 Å². The third-order valence-corrected chi connectivity index (χ3v) is 22.8. The van der Waals surface area contributed by atoms with Gasteiger partial charge in [-0.3, -0.25) is 34.3 Å². The molecule has 0 amide bonds. The van der Waals surface area contributed by atoms with Gasteiger partial charge < -0.3 is 10.2 Å². The Morgan fingerprint density at radius 3 is 1.05 bits per heavy atom. The molecule has 14 heterocycles. The van der Waals surface area contributed by atoms with Gasteiger partial charge in [0.2, 0.25) is 0 Å². The van der Waals surface area contributed by atoms with Crippen molar-refractivity contribution >= 4 is 0 Å². The predicted octanol–water partition coefficient (Wildman–Crippen LogP) is 12.6. The number of fused-ring (bicyclic) bond motifs is 10. The molecule has 22 aliphatic rings. The first kappa shape index (κ1) is 61.7. The molecule has 14 saturated heterocycles. The summed E-state index contributed by atoms with van der Waals surface area (Å²) < 4.78 is 0. The molecule has 442 valence electrons. The average Bonchev–Trinajstić information content (AvgIpc) is 3.73. The topological polar surface area (TPSA) is 38.0 Å². The van der Waals surface area contributed by atoms with Crippen molar-refractivity contribution in [3.8, 4) is 0 Å². The molecule has 76 heavy (non-hydrogen) atoms. The lowest BCUT2D eigenvalue weighted by Crippen LogP contribution is -2.70. The molecule has 6 unspecified atom stereocenters. The van der Waals surface area contributed by atoms with Crippen LogP contribution in [0.1, 0.15) is 234 Å². The highest BCUT2D eigenvalue weighted by atomic mass is 15.3. The summed E-state index contributed by atoms with van der Waals surface area (Å²) in [7, 11) is 0. The van der Waals surface area contributed by atoms with Crippen LogP contribution in [0.2, 0.25) is 0 Å². The van der Waals surface area contributed by atoms with Crippen LogP contribution >= 0.6 is 0 Å². The Morgan fingerprint density at radius 1 is 0.355 bits per heavy atom. The molecule has 0 aromatic heterocycles. The molecule has 0 radical (unpaired) electrons. The first-order chi connectivity index (χ1) is 35.5. The summed E-state index contributed by atoms with van der Waals surface area (Å²) in [6.45, 7) is 49.9. The summed E-state index contributed by atoms with van der Waals surface area (Å²) in [6, 6.07) is 14.2. The first-order valence-electron chi connectivity index (χ1n) is 33.3. The van der Waals surface area contributed by atoms with Gasteiger partial charge in [-0.15, -0.1) is 0 Å². The van der Waals surface area contributed by atoms with Crippen LogP contribution in [0, 0.1) is 41.4 Å². The molecule has 8 aliphatic carbocycles. The van der Waals surface area contributed by atoms with Crippen molar-refractivity contribution < 1.29 is 0 Å². The quantitative estimate of drug-likeness (QED) is 0.268. The highest BCUT2D eigenvalue weighted by molar-refractivity contribution is 5.08. The zero-order valence-electron chi connectivity index (χ0n) is 52.5. The second-order valence-corrected chi connectivity index (χ2v) is 31.4. The van der Waals surface area contributed by atoms with Gasteiger partial charge in [0.25, 0.3) is 0 Å². The molecule has 22 rings (SSSR count). The molecule has 0 aromatic rings. The lowest BCUT2D eigenvalue weighted by atomic mass is 9.71. The molecule has 6 atom stereocenters. The summed E-state index contributed by atoms with van der Waals surface area (Å²) in [6.07, 6.45) is 25.2. The highest BCUT2D eigenvalue weighted by Crippen LogP contribution is 2.48. The minimum absolute atomic E-state index is 0. The molecule has 8 saturated carbocycles. The molecule has 22 fully saturated rings. The van der Waals surface area contributed by atoms with Crippen molar-refractivity contribution in [3.05, 3.63) is 0 Å². The van der Waals surface area contributed by atoms with Gasteiger partial charge in [0.05, 0.1) is 0 Å². The molecule has 9 nitrogen and oxygen atoms in total. The van der Waals surface area contributed by atoms with Crippen LogP contribution in [0.4, 0.5) is 0 Å². The van der Waals surface area contributed by atoms with Gasteiger partial charge >= 0.3 is 0 Å². The van der Waals surface area contributed by atoms with E-state index >= 15 is 0 Å². The van der Waals surface area contributed by atoms with Gasteiger partial charge in [0.1, 0.15) is 0 Å². The summed E-state index contributed by atoms with van der Waals surface area (Å²) in [5.74, 6) is 7.60. The van der Waals surface area contributed by atoms with Crippen molar-refractivity contribution in [2.24, 2.45) is 41.4 Å². The van der Waals surface area contributed by atoms with E-state index in [0.29, 0.717) is 5.54 Å². The maximum Gasteiger partial charge on any atom is 0.0487 e. The summed E-state index contributed by atoms with van der Waals surface area (Å²) in [5.41, 5.74) is 0.424. The largest absolute Gasteiger partial charge is 0.301 e. The van der Waals surface area contributed by atoms with Crippen LogP contribution in [-0.2, 0) is 0 Å². The van der Waals surface area contributed by atoms with E-state index in [2.05, 4.69) is 162 Å². The Balaban J connectivity index is 0.000000115. The fourth-order valence-corrected chi connectivity index (χ4v) is 17.3. The van der Waals surface area contributed by atoms with E-state index in [0.717, 1.165) is 145 Å². The van der Waals surface area contributed by atoms with Crippen LogP contribution < -0.4 is 5.32 Å².